The first-order chi connectivity index (χ1) is 19.1. The number of thiophene rings is 1. The zero-order valence-corrected chi connectivity index (χ0v) is 24.6. The Morgan fingerprint density at radius 3 is 2.77 bits per heavy atom. The lowest BCUT2D eigenvalue weighted by Crippen LogP contribution is -2.27. The van der Waals surface area contributed by atoms with E-state index < -0.39 is 17.5 Å². The van der Waals surface area contributed by atoms with Gasteiger partial charge in [-0.15, -0.1) is 20.6 Å². The van der Waals surface area contributed by atoms with Gasteiger partial charge in [-0.3, -0.25) is 10.3 Å². The molecule has 1 amide bonds. The van der Waals surface area contributed by atoms with Gasteiger partial charge in [-0.25, -0.2) is 19.2 Å². The number of aromatic nitrogens is 3. The molecule has 206 valence electrons. The van der Waals surface area contributed by atoms with Crippen LogP contribution in [0.4, 0.5) is 20.1 Å². The lowest BCUT2D eigenvalue weighted by molar-refractivity contribution is 0.0636. The highest BCUT2D eigenvalue weighted by Gasteiger charge is 2.30. The molecule has 0 saturated carbocycles. The van der Waals surface area contributed by atoms with Gasteiger partial charge in [0.1, 0.15) is 16.7 Å². The molecule has 0 bridgehead atoms. The van der Waals surface area contributed by atoms with Crippen LogP contribution in [0, 0.1) is 23.1 Å². The quantitative estimate of drug-likeness (QED) is 0.311. The summed E-state index contributed by atoms with van der Waals surface area (Å²) in [6.45, 7) is 9.96. The van der Waals surface area contributed by atoms with Crippen molar-refractivity contribution in [1.82, 2.24) is 15.0 Å². The summed E-state index contributed by atoms with van der Waals surface area (Å²) in [4.78, 5) is 28.9. The van der Waals surface area contributed by atoms with E-state index in [1.165, 1.54) is 0 Å². The molecule has 1 saturated heterocycles. The number of benzene rings is 1. The minimum absolute atomic E-state index is 0.124. The highest BCUT2D eigenvalue weighted by atomic mass is 32.1. The van der Waals surface area contributed by atoms with Crippen molar-refractivity contribution in [3.05, 3.63) is 34.9 Å². The van der Waals surface area contributed by atoms with E-state index in [1.54, 1.807) is 20.8 Å². The number of ether oxygens (including phenoxy) is 2. The summed E-state index contributed by atoms with van der Waals surface area (Å²) in [6, 6.07) is 2.16. The van der Waals surface area contributed by atoms with Crippen molar-refractivity contribution in [3.63, 3.8) is 0 Å². The van der Waals surface area contributed by atoms with Gasteiger partial charge in [0.25, 0.3) is 0 Å². The Labute approximate surface area is 236 Å². The fourth-order valence-electron chi connectivity index (χ4n) is 5.36. The lowest BCUT2D eigenvalue weighted by atomic mass is 9.94. The highest BCUT2D eigenvalue weighted by Crippen LogP contribution is 2.44. The molecule has 5 heterocycles. The molecule has 40 heavy (non-hydrogen) atoms. The first-order valence-electron chi connectivity index (χ1n) is 13.0. The molecule has 2 aliphatic heterocycles. The second-order valence-electron chi connectivity index (χ2n) is 11.2. The predicted molar refractivity (Wildman–Crippen MR) is 157 cm³/mol. The number of hydrogen-bond acceptors (Lipinski definition) is 9. The summed E-state index contributed by atoms with van der Waals surface area (Å²) in [5.74, 6) is 0.658. The largest absolute Gasteiger partial charge is 0.444 e. The van der Waals surface area contributed by atoms with Crippen LogP contribution in [0.2, 0.25) is 0 Å². The molecule has 0 aliphatic carbocycles. The summed E-state index contributed by atoms with van der Waals surface area (Å²) in [5, 5.41) is 15.0. The number of pyridine rings is 1. The molecule has 2 aliphatic rings. The molecule has 2 atom stereocenters. The second kappa shape index (κ2) is 9.88. The molecule has 6 rings (SSSR count). The Morgan fingerprint density at radius 2 is 2.08 bits per heavy atom. The fourth-order valence-corrected chi connectivity index (χ4v) is 6.93. The number of nitrogens with one attached hydrogen (secondary N) is 1. The number of rotatable bonds is 3. The van der Waals surface area contributed by atoms with Crippen LogP contribution < -0.4 is 15.5 Å². The van der Waals surface area contributed by atoms with E-state index in [1.807, 2.05) is 6.20 Å². The van der Waals surface area contributed by atoms with E-state index in [0.717, 1.165) is 69.9 Å². The number of nitriles is 1. The zero-order valence-electron chi connectivity index (χ0n) is 22.6. The Hall–Kier alpha value is -3.45. The van der Waals surface area contributed by atoms with Crippen LogP contribution in [0.3, 0.4) is 0 Å². The Bertz CT molecular complexity index is 1740. The van der Waals surface area contributed by atoms with Gasteiger partial charge in [0.2, 0.25) is 5.95 Å². The monoisotopic (exact) mass is 578 g/mol. The van der Waals surface area contributed by atoms with E-state index in [4.69, 9.17) is 14.5 Å². The molecule has 1 fully saturated rings. The zero-order chi connectivity index (χ0) is 28.3. The SMILES string of the molecule is C[C@H]1CCN(c2ncc3c4c(c(-c5ncc(F)c6sc(NC(=O)OC(C)(C)C)c(C#N)c56)c(P)c3n2)COC4)C1. The number of nitrogens with zero attached hydrogens (tertiary/aromatic N) is 5. The summed E-state index contributed by atoms with van der Waals surface area (Å²) in [5.41, 5.74) is 3.16. The first kappa shape index (κ1) is 26.8. The number of hydrogen-bond donors (Lipinski definition) is 1. The minimum Gasteiger partial charge on any atom is -0.444 e. The summed E-state index contributed by atoms with van der Waals surface area (Å²) in [7, 11) is 2.78. The van der Waals surface area contributed by atoms with Crippen LogP contribution in [0.25, 0.3) is 32.2 Å². The van der Waals surface area contributed by atoms with Crippen LogP contribution in [0.5, 0.6) is 0 Å². The van der Waals surface area contributed by atoms with Gasteiger partial charge in [0, 0.05) is 40.9 Å². The van der Waals surface area contributed by atoms with Crippen molar-refractivity contribution < 1.29 is 18.7 Å². The number of amides is 1. The third-order valence-corrected chi connectivity index (χ3v) is 8.80. The van der Waals surface area contributed by atoms with Gasteiger partial charge < -0.3 is 14.4 Å². The molecule has 1 aromatic carbocycles. The normalized spacial score (nSPS) is 16.9. The number of carbonyl (C=O) groups excluding carboxylic acids is 1. The third kappa shape index (κ3) is 4.54. The van der Waals surface area contributed by atoms with Crippen LogP contribution >= 0.6 is 20.6 Å². The minimum atomic E-state index is -0.737. The topological polar surface area (TPSA) is 113 Å². The highest BCUT2D eigenvalue weighted by molar-refractivity contribution is 7.29. The summed E-state index contributed by atoms with van der Waals surface area (Å²) < 4.78 is 26.6. The first-order valence-corrected chi connectivity index (χ1v) is 14.4. The average Bonchev–Trinajstić information content (AvgIpc) is 3.63. The lowest BCUT2D eigenvalue weighted by Gasteiger charge is -2.19. The van der Waals surface area contributed by atoms with Crippen molar-refractivity contribution in [2.75, 3.05) is 23.3 Å². The smallest absolute Gasteiger partial charge is 0.412 e. The molecular formula is C28H28FN6O3PS. The Balaban J connectivity index is 1.56. The van der Waals surface area contributed by atoms with Gasteiger partial charge in [0.15, 0.2) is 5.82 Å². The van der Waals surface area contributed by atoms with E-state index >= 15 is 4.39 Å². The standard InChI is InChI=1S/C28H28FN6O3PS/c1-13-5-6-35(10-13)26-32-8-15-16-11-37-12-17(16)19(23(39)21(15)33-26)22-20-14(7-30)25(34-27(36)38-28(2,3)4)40-24(20)18(29)9-31-22/h8-9,13H,5-6,10-12,39H2,1-4H3,(H,34,36)/t13-/m0/s1. The second-order valence-corrected chi connectivity index (χ2v) is 12.8. The molecule has 12 heteroatoms. The number of anilines is 2. The molecule has 1 N–H and O–H groups in total. The molecule has 1 unspecified atom stereocenters. The molecule has 9 nitrogen and oxygen atoms in total. The summed E-state index contributed by atoms with van der Waals surface area (Å²) in [6.07, 6.45) is 3.37. The van der Waals surface area contributed by atoms with E-state index in [2.05, 4.69) is 42.4 Å². The van der Waals surface area contributed by atoms with Crippen LogP contribution in [0.1, 0.15) is 50.8 Å². The van der Waals surface area contributed by atoms with Crippen molar-refractivity contribution in [2.45, 2.75) is 52.9 Å². The Kier molecular flexibility index (Phi) is 6.61. The molecular weight excluding hydrogens is 550 g/mol. The van der Waals surface area contributed by atoms with Gasteiger partial charge in [-0.05, 0) is 44.2 Å². The van der Waals surface area contributed by atoms with E-state index in [0.29, 0.717) is 36.2 Å². The molecule has 0 spiro atoms. The predicted octanol–water partition coefficient (Wildman–Crippen LogP) is 5.64. The van der Waals surface area contributed by atoms with Crippen LogP contribution in [-0.2, 0) is 22.7 Å². The molecule has 3 aromatic heterocycles. The van der Waals surface area contributed by atoms with Crippen LogP contribution in [0.15, 0.2) is 12.4 Å². The van der Waals surface area contributed by atoms with Gasteiger partial charge in [-0.1, -0.05) is 6.92 Å². The summed E-state index contributed by atoms with van der Waals surface area (Å²) >= 11 is 0.981. The van der Waals surface area contributed by atoms with E-state index in [-0.39, 0.29) is 15.3 Å². The number of carbonyl (C=O) groups is 1. The average molecular weight is 579 g/mol. The maximum atomic E-state index is 15.1. The molecule has 4 aromatic rings. The third-order valence-electron chi connectivity index (χ3n) is 7.12. The molecule has 0 radical (unpaired) electrons. The maximum absolute atomic E-state index is 15.1. The number of halogens is 1. The maximum Gasteiger partial charge on any atom is 0.412 e. The van der Waals surface area contributed by atoms with E-state index in [9.17, 15) is 10.1 Å². The van der Waals surface area contributed by atoms with Crippen LogP contribution in [-0.4, -0.2) is 39.7 Å². The number of fused-ring (bicyclic) bond motifs is 4. The van der Waals surface area contributed by atoms with Gasteiger partial charge in [0.05, 0.1) is 40.9 Å². The van der Waals surface area contributed by atoms with Crippen molar-refractivity contribution in [2.24, 2.45) is 5.92 Å². The van der Waals surface area contributed by atoms with Gasteiger partial charge >= 0.3 is 6.09 Å². The van der Waals surface area contributed by atoms with Crippen molar-refractivity contribution >= 4 is 63.9 Å². The fraction of sp³-hybridized carbons (Fsp3) is 0.393. The van der Waals surface area contributed by atoms with Crippen molar-refractivity contribution in [3.8, 4) is 17.3 Å². The Morgan fingerprint density at radius 1 is 1.30 bits per heavy atom. The van der Waals surface area contributed by atoms with Gasteiger partial charge in [-0.2, -0.15) is 5.26 Å². The van der Waals surface area contributed by atoms with Crippen molar-refractivity contribution in [1.29, 1.82) is 5.26 Å².